The number of hydrogen-bond acceptors (Lipinski definition) is 3. The van der Waals surface area contributed by atoms with Gasteiger partial charge in [-0.2, -0.15) is 0 Å². The van der Waals surface area contributed by atoms with Crippen molar-refractivity contribution in [3.63, 3.8) is 0 Å². The molecule has 2 rings (SSSR count). The lowest BCUT2D eigenvalue weighted by molar-refractivity contribution is 0.162. The lowest BCUT2D eigenvalue weighted by Gasteiger charge is -2.21. The fourth-order valence-corrected chi connectivity index (χ4v) is 1.62. The van der Waals surface area contributed by atoms with Gasteiger partial charge in [-0.3, -0.25) is 0 Å². The minimum atomic E-state index is -0.349. The normalized spacial score (nSPS) is 14.0. The van der Waals surface area contributed by atoms with Crippen molar-refractivity contribution in [1.82, 2.24) is 5.32 Å². The largest absolute Gasteiger partial charge is 0.486 e. The highest BCUT2D eigenvalue weighted by molar-refractivity contribution is 5.48. The van der Waals surface area contributed by atoms with Crippen molar-refractivity contribution < 1.29 is 13.9 Å². The van der Waals surface area contributed by atoms with Crippen LogP contribution in [0.5, 0.6) is 11.5 Å². The van der Waals surface area contributed by atoms with Crippen molar-refractivity contribution in [3.8, 4) is 11.5 Å². The Morgan fingerprint density at radius 1 is 1.27 bits per heavy atom. The molecule has 82 valence electrons. The predicted molar refractivity (Wildman–Crippen MR) is 55.0 cm³/mol. The lowest BCUT2D eigenvalue weighted by Crippen LogP contribution is -2.19. The Bertz CT molecular complexity index is 355. The van der Waals surface area contributed by atoms with Crippen LogP contribution in [0, 0.1) is 5.82 Å². The van der Waals surface area contributed by atoms with E-state index in [0.29, 0.717) is 19.0 Å². The molecule has 0 fully saturated rings. The summed E-state index contributed by atoms with van der Waals surface area (Å²) in [6.45, 7) is 1.74. The Labute approximate surface area is 88.2 Å². The van der Waals surface area contributed by atoms with Crippen molar-refractivity contribution in [2.75, 3.05) is 26.8 Å². The second-order valence-corrected chi connectivity index (χ2v) is 3.42. The maximum absolute atomic E-state index is 13.4. The molecule has 1 aromatic carbocycles. The van der Waals surface area contributed by atoms with E-state index in [1.807, 2.05) is 7.05 Å². The van der Waals surface area contributed by atoms with E-state index in [1.54, 1.807) is 6.07 Å². The maximum atomic E-state index is 13.4. The zero-order valence-electron chi connectivity index (χ0n) is 8.68. The number of fused-ring (bicyclic) bond motifs is 1. The fourth-order valence-electron chi connectivity index (χ4n) is 1.62. The summed E-state index contributed by atoms with van der Waals surface area (Å²) in [5, 5.41) is 3.05. The third-order valence-corrected chi connectivity index (χ3v) is 2.37. The molecule has 0 saturated heterocycles. The average Bonchev–Trinajstić information content (AvgIpc) is 2.29. The molecule has 1 aliphatic heterocycles. The van der Waals surface area contributed by atoms with Crippen molar-refractivity contribution in [3.05, 3.63) is 23.5 Å². The summed E-state index contributed by atoms with van der Waals surface area (Å²) in [5.74, 6) is 0.476. The number of nitrogens with one attached hydrogen (secondary N) is 1. The molecule has 0 aromatic heterocycles. The van der Waals surface area contributed by atoms with Gasteiger partial charge < -0.3 is 14.8 Å². The highest BCUT2D eigenvalue weighted by Crippen LogP contribution is 2.36. The van der Waals surface area contributed by atoms with Crippen LogP contribution in [0.2, 0.25) is 0 Å². The summed E-state index contributed by atoms with van der Waals surface area (Å²) >= 11 is 0. The van der Waals surface area contributed by atoms with Crippen LogP contribution in [0.25, 0.3) is 0 Å². The van der Waals surface area contributed by atoms with Gasteiger partial charge in [0.1, 0.15) is 13.2 Å². The zero-order valence-corrected chi connectivity index (χ0v) is 8.68. The maximum Gasteiger partial charge on any atom is 0.197 e. The van der Waals surface area contributed by atoms with Crippen molar-refractivity contribution in [2.45, 2.75) is 6.42 Å². The molecule has 0 aliphatic carbocycles. The molecule has 3 nitrogen and oxygen atoms in total. The average molecular weight is 211 g/mol. The van der Waals surface area contributed by atoms with Gasteiger partial charge in [0, 0.05) is 0 Å². The first-order chi connectivity index (χ1) is 7.33. The molecule has 1 heterocycles. The van der Waals surface area contributed by atoms with Crippen LogP contribution in [0.3, 0.4) is 0 Å². The molecule has 1 aromatic rings. The molecule has 0 spiro atoms. The van der Waals surface area contributed by atoms with Crippen LogP contribution in [-0.4, -0.2) is 26.8 Å². The monoisotopic (exact) mass is 211 g/mol. The quantitative estimate of drug-likeness (QED) is 0.818. The van der Waals surface area contributed by atoms with Gasteiger partial charge in [-0.1, -0.05) is 6.07 Å². The van der Waals surface area contributed by atoms with Crippen molar-refractivity contribution in [1.29, 1.82) is 0 Å². The number of halogens is 1. The Morgan fingerprint density at radius 3 is 2.73 bits per heavy atom. The minimum Gasteiger partial charge on any atom is -0.486 e. The van der Waals surface area contributed by atoms with Crippen molar-refractivity contribution >= 4 is 0 Å². The molecule has 0 radical (unpaired) electrons. The standard InChI is InChI=1S/C11H14FNO2/c1-13-5-4-8-2-3-9(12)11-10(8)14-6-7-15-11/h2-3,13H,4-7H2,1H3. The SMILES string of the molecule is CNCCc1ccc(F)c2c1OCCO2. The van der Waals surface area contributed by atoms with Gasteiger partial charge in [0.2, 0.25) is 0 Å². The first kappa shape index (κ1) is 10.2. The van der Waals surface area contributed by atoms with Gasteiger partial charge in [-0.25, -0.2) is 4.39 Å². The third kappa shape index (κ3) is 2.04. The van der Waals surface area contributed by atoms with Gasteiger partial charge in [-0.15, -0.1) is 0 Å². The summed E-state index contributed by atoms with van der Waals surface area (Å²) < 4.78 is 24.0. The number of likely N-dealkylation sites (N-methyl/N-ethyl adjacent to an activating group) is 1. The van der Waals surface area contributed by atoms with Crippen LogP contribution in [-0.2, 0) is 6.42 Å². The minimum absolute atomic E-state index is 0.259. The van der Waals surface area contributed by atoms with Gasteiger partial charge in [0.15, 0.2) is 17.3 Å². The van der Waals surface area contributed by atoms with E-state index in [-0.39, 0.29) is 11.6 Å². The van der Waals surface area contributed by atoms with Gasteiger partial charge in [0.05, 0.1) is 0 Å². The highest BCUT2D eigenvalue weighted by Gasteiger charge is 2.19. The first-order valence-electron chi connectivity index (χ1n) is 5.04. The Kier molecular flexibility index (Phi) is 3.06. The molecule has 15 heavy (non-hydrogen) atoms. The summed E-state index contributed by atoms with van der Waals surface area (Å²) in [6, 6.07) is 3.18. The molecule has 0 amide bonds. The highest BCUT2D eigenvalue weighted by atomic mass is 19.1. The fraction of sp³-hybridized carbons (Fsp3) is 0.455. The van der Waals surface area contributed by atoms with Gasteiger partial charge >= 0.3 is 0 Å². The van der Waals surface area contributed by atoms with Gasteiger partial charge in [0.25, 0.3) is 0 Å². The smallest absolute Gasteiger partial charge is 0.197 e. The molecule has 0 unspecified atom stereocenters. The molecular formula is C11H14FNO2. The van der Waals surface area contributed by atoms with Crippen LogP contribution in [0.1, 0.15) is 5.56 Å². The van der Waals surface area contributed by atoms with Gasteiger partial charge in [-0.05, 0) is 31.6 Å². The van der Waals surface area contributed by atoms with E-state index in [1.165, 1.54) is 6.07 Å². The number of benzene rings is 1. The first-order valence-corrected chi connectivity index (χ1v) is 5.04. The number of ether oxygens (including phenoxy) is 2. The molecule has 0 saturated carbocycles. The summed E-state index contributed by atoms with van der Waals surface area (Å²) in [4.78, 5) is 0. The molecule has 1 aliphatic rings. The van der Waals surface area contributed by atoms with E-state index in [4.69, 9.17) is 9.47 Å². The third-order valence-electron chi connectivity index (χ3n) is 2.37. The predicted octanol–water partition coefficient (Wildman–Crippen LogP) is 1.36. The molecule has 4 heteroatoms. The van der Waals surface area contributed by atoms with E-state index >= 15 is 0 Å². The lowest BCUT2D eigenvalue weighted by atomic mass is 10.1. The number of rotatable bonds is 3. The topological polar surface area (TPSA) is 30.5 Å². The molecule has 1 N–H and O–H groups in total. The summed E-state index contributed by atoms with van der Waals surface area (Å²) in [6.07, 6.45) is 0.808. The van der Waals surface area contributed by atoms with E-state index in [0.717, 1.165) is 18.5 Å². The van der Waals surface area contributed by atoms with Crippen LogP contribution in [0.15, 0.2) is 12.1 Å². The number of hydrogen-bond donors (Lipinski definition) is 1. The van der Waals surface area contributed by atoms with E-state index in [9.17, 15) is 4.39 Å². The Morgan fingerprint density at radius 2 is 2.00 bits per heavy atom. The van der Waals surface area contributed by atoms with Crippen LogP contribution in [0.4, 0.5) is 4.39 Å². The van der Waals surface area contributed by atoms with Crippen LogP contribution >= 0.6 is 0 Å². The summed E-state index contributed by atoms with van der Waals surface area (Å²) in [7, 11) is 1.88. The second kappa shape index (κ2) is 4.49. The summed E-state index contributed by atoms with van der Waals surface area (Å²) in [5.41, 5.74) is 0.987. The Hall–Kier alpha value is -1.29. The van der Waals surface area contributed by atoms with Crippen LogP contribution < -0.4 is 14.8 Å². The van der Waals surface area contributed by atoms with E-state index in [2.05, 4.69) is 5.32 Å². The Balaban J connectivity index is 2.30. The molecular weight excluding hydrogens is 197 g/mol. The second-order valence-electron chi connectivity index (χ2n) is 3.42. The van der Waals surface area contributed by atoms with E-state index < -0.39 is 0 Å². The molecule has 0 bridgehead atoms. The zero-order chi connectivity index (χ0) is 10.7. The molecule has 0 atom stereocenters. The van der Waals surface area contributed by atoms with Crippen molar-refractivity contribution in [2.24, 2.45) is 0 Å².